The summed E-state index contributed by atoms with van der Waals surface area (Å²) in [6.07, 6.45) is 0.699. The van der Waals surface area contributed by atoms with Crippen LogP contribution in [0.1, 0.15) is 6.92 Å². The second-order valence-electron chi connectivity index (χ2n) is 7.56. The second kappa shape index (κ2) is 15.2. The maximum absolute atomic E-state index is 12.1. The number of carbonyl (C=O) groups excluding carboxylic acids is 2. The average molecular weight is 530 g/mol. The Morgan fingerprint density at radius 3 is 2.39 bits per heavy atom. The van der Waals surface area contributed by atoms with Crippen molar-refractivity contribution in [2.75, 3.05) is 65.7 Å². The second-order valence-corrected chi connectivity index (χ2v) is 7.56. The molecule has 0 bridgehead atoms. The standard InChI is InChI=1S/C25H31N5O8/c1-4-26-24(31)30-22-8-6-18-23(29-22)28-19(16-27-18)17-5-7-20(21(15-17)34-3)38-25(32)37-14-13-36-12-11-35-10-9-33-2/h5-8,15-16H,4,9-14H2,1-3H3,(H2,26,28,29,30,31). The summed E-state index contributed by atoms with van der Waals surface area (Å²) in [5.74, 6) is 0.815. The lowest BCUT2D eigenvalue weighted by Gasteiger charge is -2.11. The molecule has 204 valence electrons. The number of hydrogen-bond donors (Lipinski definition) is 2. The van der Waals surface area contributed by atoms with Gasteiger partial charge in [0.05, 0.1) is 52.0 Å². The Morgan fingerprint density at radius 2 is 1.66 bits per heavy atom. The molecular weight excluding hydrogens is 498 g/mol. The first-order chi connectivity index (χ1) is 18.5. The normalized spacial score (nSPS) is 10.7. The zero-order valence-electron chi connectivity index (χ0n) is 21.5. The van der Waals surface area contributed by atoms with Gasteiger partial charge in [-0.3, -0.25) is 10.3 Å². The highest BCUT2D eigenvalue weighted by molar-refractivity contribution is 5.89. The number of urea groups is 1. The van der Waals surface area contributed by atoms with Gasteiger partial charge < -0.3 is 33.7 Å². The minimum absolute atomic E-state index is 0.0218. The monoisotopic (exact) mass is 529 g/mol. The van der Waals surface area contributed by atoms with Crippen LogP contribution in [0.2, 0.25) is 0 Å². The minimum atomic E-state index is -0.891. The molecule has 0 fully saturated rings. The quantitative estimate of drug-likeness (QED) is 0.180. The van der Waals surface area contributed by atoms with Crippen molar-refractivity contribution in [3.05, 3.63) is 36.5 Å². The van der Waals surface area contributed by atoms with E-state index in [0.29, 0.717) is 67.0 Å². The number of ether oxygens (including phenoxy) is 6. The third-order valence-electron chi connectivity index (χ3n) is 4.89. The average Bonchev–Trinajstić information content (AvgIpc) is 2.92. The summed E-state index contributed by atoms with van der Waals surface area (Å²) in [6.45, 7) is 4.33. The molecule has 0 unspecified atom stereocenters. The molecule has 2 amide bonds. The summed E-state index contributed by atoms with van der Waals surface area (Å²) in [5, 5.41) is 5.28. The lowest BCUT2D eigenvalue weighted by Crippen LogP contribution is -2.28. The number of benzene rings is 1. The first-order valence-corrected chi connectivity index (χ1v) is 11.9. The minimum Gasteiger partial charge on any atom is -0.493 e. The van der Waals surface area contributed by atoms with E-state index in [1.165, 1.54) is 7.11 Å². The SMILES string of the molecule is CCNC(=O)Nc1ccc2ncc(-c3ccc(OC(=O)OCCOCCOCCOC)c(OC)c3)nc2n1. The molecule has 2 aromatic heterocycles. The fourth-order valence-corrected chi connectivity index (χ4v) is 3.11. The highest BCUT2D eigenvalue weighted by Gasteiger charge is 2.14. The lowest BCUT2D eigenvalue weighted by molar-refractivity contribution is 0.00853. The molecule has 0 spiro atoms. The van der Waals surface area contributed by atoms with E-state index in [4.69, 9.17) is 28.4 Å². The smallest absolute Gasteiger partial charge is 0.493 e. The van der Waals surface area contributed by atoms with Crippen molar-refractivity contribution in [2.45, 2.75) is 6.92 Å². The van der Waals surface area contributed by atoms with Crippen LogP contribution in [0.5, 0.6) is 11.5 Å². The molecular formula is C25H31N5O8. The van der Waals surface area contributed by atoms with E-state index in [-0.39, 0.29) is 25.0 Å². The van der Waals surface area contributed by atoms with Gasteiger partial charge in [-0.15, -0.1) is 0 Å². The first-order valence-electron chi connectivity index (χ1n) is 11.9. The number of fused-ring (bicyclic) bond motifs is 1. The van der Waals surface area contributed by atoms with Crippen LogP contribution < -0.4 is 20.1 Å². The predicted octanol–water partition coefficient (Wildman–Crippen LogP) is 3.04. The van der Waals surface area contributed by atoms with Crippen molar-refractivity contribution in [2.24, 2.45) is 0 Å². The van der Waals surface area contributed by atoms with Crippen molar-refractivity contribution in [3.63, 3.8) is 0 Å². The largest absolute Gasteiger partial charge is 0.514 e. The number of aromatic nitrogens is 3. The van der Waals surface area contributed by atoms with Crippen LogP contribution in [-0.4, -0.2) is 87.5 Å². The van der Waals surface area contributed by atoms with E-state index in [1.807, 2.05) is 6.92 Å². The van der Waals surface area contributed by atoms with Crippen LogP contribution in [0, 0.1) is 0 Å². The van der Waals surface area contributed by atoms with E-state index in [1.54, 1.807) is 43.6 Å². The van der Waals surface area contributed by atoms with E-state index in [0.717, 1.165) is 0 Å². The fourth-order valence-electron chi connectivity index (χ4n) is 3.11. The maximum atomic E-state index is 12.1. The number of methoxy groups -OCH3 is 2. The van der Waals surface area contributed by atoms with E-state index < -0.39 is 6.16 Å². The summed E-state index contributed by atoms with van der Waals surface area (Å²) in [4.78, 5) is 37.2. The summed E-state index contributed by atoms with van der Waals surface area (Å²) in [6, 6.07) is 7.91. The van der Waals surface area contributed by atoms with Crippen molar-refractivity contribution >= 4 is 29.2 Å². The molecule has 2 N–H and O–H groups in total. The topological polar surface area (TPSA) is 152 Å². The molecule has 0 atom stereocenters. The molecule has 3 aromatic rings. The van der Waals surface area contributed by atoms with Crippen LogP contribution in [0.25, 0.3) is 22.4 Å². The number of hydrogen-bond acceptors (Lipinski definition) is 11. The van der Waals surface area contributed by atoms with Crippen molar-refractivity contribution in [1.82, 2.24) is 20.3 Å². The summed E-state index contributed by atoms with van der Waals surface area (Å²) in [7, 11) is 3.05. The van der Waals surface area contributed by atoms with Crippen molar-refractivity contribution in [3.8, 4) is 22.8 Å². The van der Waals surface area contributed by atoms with Gasteiger partial charge in [0.15, 0.2) is 17.1 Å². The molecule has 0 saturated heterocycles. The number of pyridine rings is 1. The molecule has 38 heavy (non-hydrogen) atoms. The van der Waals surface area contributed by atoms with Crippen LogP contribution >= 0.6 is 0 Å². The zero-order valence-corrected chi connectivity index (χ0v) is 21.5. The molecule has 3 rings (SSSR count). The Hall–Kier alpha value is -4.07. The van der Waals surface area contributed by atoms with E-state index in [2.05, 4.69) is 25.6 Å². The zero-order chi connectivity index (χ0) is 27.2. The van der Waals surface area contributed by atoms with E-state index in [9.17, 15) is 9.59 Å². The predicted molar refractivity (Wildman–Crippen MR) is 138 cm³/mol. The summed E-state index contributed by atoms with van der Waals surface area (Å²) in [5.41, 5.74) is 2.08. The van der Waals surface area contributed by atoms with Gasteiger partial charge >= 0.3 is 12.2 Å². The van der Waals surface area contributed by atoms with Gasteiger partial charge in [-0.2, -0.15) is 0 Å². The molecule has 0 aliphatic heterocycles. The van der Waals surface area contributed by atoms with E-state index >= 15 is 0 Å². The van der Waals surface area contributed by atoms with Gasteiger partial charge in [0.1, 0.15) is 17.9 Å². The van der Waals surface area contributed by atoms with Crippen LogP contribution in [0.15, 0.2) is 36.5 Å². The molecule has 13 heteroatoms. The lowest BCUT2D eigenvalue weighted by atomic mass is 10.1. The van der Waals surface area contributed by atoms with Gasteiger partial charge in [-0.05, 0) is 37.3 Å². The van der Waals surface area contributed by atoms with Gasteiger partial charge in [0, 0.05) is 19.2 Å². The molecule has 0 saturated carbocycles. The van der Waals surface area contributed by atoms with Gasteiger partial charge in [-0.1, -0.05) is 0 Å². The molecule has 2 heterocycles. The molecule has 0 radical (unpaired) electrons. The Bertz CT molecular complexity index is 1210. The van der Waals surface area contributed by atoms with Crippen LogP contribution in [-0.2, 0) is 18.9 Å². The molecule has 0 aliphatic rings. The van der Waals surface area contributed by atoms with Crippen molar-refractivity contribution in [1.29, 1.82) is 0 Å². The number of amides is 2. The first kappa shape index (κ1) is 28.5. The Kier molecular flexibility index (Phi) is 11.4. The third kappa shape index (κ3) is 8.80. The van der Waals surface area contributed by atoms with Gasteiger partial charge in [-0.25, -0.2) is 19.6 Å². The number of anilines is 1. The van der Waals surface area contributed by atoms with Gasteiger partial charge in [0.25, 0.3) is 0 Å². The highest BCUT2D eigenvalue weighted by atomic mass is 16.7. The van der Waals surface area contributed by atoms with Crippen molar-refractivity contribution < 1.29 is 38.0 Å². The molecule has 1 aromatic carbocycles. The van der Waals surface area contributed by atoms with Crippen LogP contribution in [0.3, 0.4) is 0 Å². The Labute approximate surface area is 219 Å². The Morgan fingerprint density at radius 1 is 0.895 bits per heavy atom. The van der Waals surface area contributed by atoms with Crippen LogP contribution in [0.4, 0.5) is 15.4 Å². The molecule has 0 aliphatic carbocycles. The number of carbonyl (C=O) groups is 2. The fraction of sp³-hybridized carbons (Fsp3) is 0.400. The number of nitrogens with one attached hydrogen (secondary N) is 2. The number of nitrogens with zero attached hydrogens (tertiary/aromatic N) is 3. The third-order valence-corrected chi connectivity index (χ3v) is 4.89. The summed E-state index contributed by atoms with van der Waals surface area (Å²) >= 11 is 0. The number of rotatable bonds is 14. The summed E-state index contributed by atoms with van der Waals surface area (Å²) < 4.78 is 31.2. The Balaban J connectivity index is 1.57. The highest BCUT2D eigenvalue weighted by Crippen LogP contribution is 2.32. The molecule has 13 nitrogen and oxygen atoms in total. The van der Waals surface area contributed by atoms with Gasteiger partial charge in [0.2, 0.25) is 0 Å². The maximum Gasteiger partial charge on any atom is 0.514 e.